The van der Waals surface area contributed by atoms with Crippen molar-refractivity contribution in [2.24, 2.45) is 5.73 Å². The van der Waals surface area contributed by atoms with Crippen LogP contribution in [0.2, 0.25) is 0 Å². The number of rotatable bonds is 1. The lowest BCUT2D eigenvalue weighted by Gasteiger charge is -2.38. The number of hydrogen-bond acceptors (Lipinski definition) is 2. The predicted octanol–water partition coefficient (Wildman–Crippen LogP) is -0.166. The molecule has 3 nitrogen and oxygen atoms in total. The lowest BCUT2D eigenvalue weighted by Crippen LogP contribution is -2.45. The topological polar surface area (TPSA) is 46.3 Å². The van der Waals surface area contributed by atoms with Gasteiger partial charge in [-0.05, 0) is 12.8 Å². The molecule has 2 N–H and O–H groups in total. The Bertz CT molecular complexity index is 210. The van der Waals surface area contributed by atoms with Crippen LogP contribution in [0.5, 0.6) is 0 Å². The molecule has 0 bridgehead atoms. The lowest BCUT2D eigenvalue weighted by atomic mass is 10.0. The van der Waals surface area contributed by atoms with Crippen LogP contribution in [0.4, 0.5) is 0 Å². The van der Waals surface area contributed by atoms with Crippen LogP contribution in [0.25, 0.3) is 0 Å². The molecule has 0 saturated carbocycles. The average molecular weight is 138 g/mol. The van der Waals surface area contributed by atoms with Crippen molar-refractivity contribution < 1.29 is 4.79 Å². The molecule has 0 aromatic carbocycles. The van der Waals surface area contributed by atoms with Crippen LogP contribution in [0, 0.1) is 0 Å². The Hall–Kier alpha value is -0.990. The molecular weight excluding hydrogens is 128 g/mol. The number of amides is 1. The van der Waals surface area contributed by atoms with E-state index in [4.69, 9.17) is 5.73 Å². The molecule has 0 aromatic heterocycles. The van der Waals surface area contributed by atoms with Crippen LogP contribution in [-0.2, 0) is 4.79 Å². The normalized spacial score (nSPS) is 29.0. The molecule has 2 aliphatic heterocycles. The first-order chi connectivity index (χ1) is 4.79. The van der Waals surface area contributed by atoms with Crippen molar-refractivity contribution in [3.63, 3.8) is 0 Å². The molecule has 1 amide bonds. The third-order valence-corrected chi connectivity index (χ3v) is 2.29. The van der Waals surface area contributed by atoms with E-state index in [-0.39, 0.29) is 5.91 Å². The van der Waals surface area contributed by atoms with E-state index in [9.17, 15) is 4.79 Å². The number of fused-ring (bicyclic) bond motifs is 1. The van der Waals surface area contributed by atoms with Gasteiger partial charge in [-0.3, -0.25) is 4.79 Å². The van der Waals surface area contributed by atoms with Crippen molar-refractivity contribution in [3.05, 3.63) is 11.8 Å². The van der Waals surface area contributed by atoms with Gasteiger partial charge in [-0.15, -0.1) is 0 Å². The Kier molecular flexibility index (Phi) is 1.01. The zero-order chi connectivity index (χ0) is 7.14. The van der Waals surface area contributed by atoms with Gasteiger partial charge in [-0.25, -0.2) is 0 Å². The monoisotopic (exact) mass is 138 g/mol. The Morgan fingerprint density at radius 1 is 1.80 bits per heavy atom. The standard InChI is InChI=1S/C7H10N2O/c8-7(10)6-2-1-5-3-4-9(5)6/h2,5H,1,3-4H2,(H2,8,10). The number of carbonyl (C=O) groups is 1. The summed E-state index contributed by atoms with van der Waals surface area (Å²) >= 11 is 0. The Morgan fingerprint density at radius 3 is 2.90 bits per heavy atom. The van der Waals surface area contributed by atoms with Crippen LogP contribution in [0.1, 0.15) is 12.8 Å². The Balaban J connectivity index is 2.16. The van der Waals surface area contributed by atoms with Crippen LogP contribution in [0.3, 0.4) is 0 Å². The zero-order valence-electron chi connectivity index (χ0n) is 5.71. The van der Waals surface area contributed by atoms with Crippen molar-refractivity contribution in [3.8, 4) is 0 Å². The maximum Gasteiger partial charge on any atom is 0.264 e. The van der Waals surface area contributed by atoms with Crippen molar-refractivity contribution in [1.29, 1.82) is 0 Å². The van der Waals surface area contributed by atoms with E-state index < -0.39 is 0 Å². The predicted molar refractivity (Wildman–Crippen MR) is 37.0 cm³/mol. The largest absolute Gasteiger partial charge is 0.364 e. The molecule has 0 radical (unpaired) electrons. The molecule has 10 heavy (non-hydrogen) atoms. The molecule has 3 heteroatoms. The van der Waals surface area contributed by atoms with E-state index in [1.807, 2.05) is 6.08 Å². The van der Waals surface area contributed by atoms with Crippen molar-refractivity contribution in [2.45, 2.75) is 18.9 Å². The molecule has 1 unspecified atom stereocenters. The molecule has 2 rings (SSSR count). The zero-order valence-corrected chi connectivity index (χ0v) is 5.71. The summed E-state index contributed by atoms with van der Waals surface area (Å²) in [5.74, 6) is -0.276. The van der Waals surface area contributed by atoms with Gasteiger partial charge in [0.05, 0.1) is 5.70 Å². The van der Waals surface area contributed by atoms with E-state index in [0.29, 0.717) is 6.04 Å². The second-order valence-corrected chi connectivity index (χ2v) is 2.83. The quantitative estimate of drug-likeness (QED) is 0.547. The molecule has 54 valence electrons. The SMILES string of the molecule is NC(=O)C1=CCC2CCN12. The minimum atomic E-state index is -0.276. The van der Waals surface area contributed by atoms with E-state index in [2.05, 4.69) is 4.90 Å². The molecule has 2 heterocycles. The van der Waals surface area contributed by atoms with Gasteiger partial charge in [-0.2, -0.15) is 0 Å². The van der Waals surface area contributed by atoms with E-state index in [0.717, 1.165) is 18.7 Å². The summed E-state index contributed by atoms with van der Waals surface area (Å²) in [6.07, 6.45) is 4.17. The average Bonchev–Trinajstić information content (AvgIpc) is 2.07. The molecule has 0 aliphatic carbocycles. The second-order valence-electron chi connectivity index (χ2n) is 2.83. The fraction of sp³-hybridized carbons (Fsp3) is 0.571. The number of hydrogen-bond donors (Lipinski definition) is 1. The van der Waals surface area contributed by atoms with Crippen molar-refractivity contribution in [1.82, 2.24) is 4.90 Å². The van der Waals surface area contributed by atoms with Gasteiger partial charge < -0.3 is 10.6 Å². The fourth-order valence-electron chi connectivity index (χ4n) is 1.61. The Labute approximate surface area is 59.5 Å². The van der Waals surface area contributed by atoms with E-state index in [1.54, 1.807) is 0 Å². The minimum Gasteiger partial charge on any atom is -0.364 e. The first-order valence-electron chi connectivity index (χ1n) is 3.55. The highest BCUT2D eigenvalue weighted by atomic mass is 16.1. The highest BCUT2D eigenvalue weighted by Gasteiger charge is 2.35. The van der Waals surface area contributed by atoms with E-state index >= 15 is 0 Å². The number of nitrogens with two attached hydrogens (primary N) is 1. The molecule has 0 aromatic rings. The molecular formula is C7H10N2O. The summed E-state index contributed by atoms with van der Waals surface area (Å²) in [7, 11) is 0. The number of carbonyl (C=O) groups excluding carboxylic acids is 1. The first-order valence-corrected chi connectivity index (χ1v) is 3.55. The summed E-state index contributed by atoms with van der Waals surface area (Å²) in [6, 6.07) is 0.600. The van der Waals surface area contributed by atoms with Crippen molar-refractivity contribution >= 4 is 5.91 Å². The summed E-state index contributed by atoms with van der Waals surface area (Å²) in [5, 5.41) is 0. The van der Waals surface area contributed by atoms with Gasteiger partial charge >= 0.3 is 0 Å². The minimum absolute atomic E-state index is 0.276. The molecule has 1 saturated heterocycles. The maximum absolute atomic E-state index is 10.7. The van der Waals surface area contributed by atoms with Crippen LogP contribution >= 0.6 is 0 Å². The van der Waals surface area contributed by atoms with Gasteiger partial charge in [0.1, 0.15) is 0 Å². The lowest BCUT2D eigenvalue weighted by molar-refractivity contribution is -0.116. The smallest absolute Gasteiger partial charge is 0.264 e. The number of nitrogens with zero attached hydrogens (tertiary/aromatic N) is 1. The van der Waals surface area contributed by atoms with Gasteiger partial charge in [0, 0.05) is 12.6 Å². The summed E-state index contributed by atoms with van der Waals surface area (Å²) in [6.45, 7) is 1.01. The first kappa shape index (κ1) is 5.77. The summed E-state index contributed by atoms with van der Waals surface area (Å²) in [5.41, 5.74) is 5.87. The van der Waals surface area contributed by atoms with Gasteiger partial charge in [-0.1, -0.05) is 6.08 Å². The highest BCUT2D eigenvalue weighted by Crippen LogP contribution is 2.31. The van der Waals surface area contributed by atoms with Gasteiger partial charge in [0.25, 0.3) is 5.91 Å². The van der Waals surface area contributed by atoms with Crippen molar-refractivity contribution in [2.75, 3.05) is 6.54 Å². The third kappa shape index (κ3) is 0.574. The van der Waals surface area contributed by atoms with Gasteiger partial charge in [0.15, 0.2) is 0 Å². The maximum atomic E-state index is 10.7. The fourth-order valence-corrected chi connectivity index (χ4v) is 1.61. The molecule has 1 atom stereocenters. The second kappa shape index (κ2) is 1.75. The summed E-state index contributed by atoms with van der Waals surface area (Å²) < 4.78 is 0. The molecule has 2 aliphatic rings. The van der Waals surface area contributed by atoms with E-state index in [1.165, 1.54) is 6.42 Å². The highest BCUT2D eigenvalue weighted by molar-refractivity contribution is 5.92. The van der Waals surface area contributed by atoms with Crippen LogP contribution in [0.15, 0.2) is 11.8 Å². The summed E-state index contributed by atoms with van der Waals surface area (Å²) in [4.78, 5) is 12.8. The Morgan fingerprint density at radius 2 is 2.60 bits per heavy atom. The number of primary amides is 1. The van der Waals surface area contributed by atoms with Crippen LogP contribution < -0.4 is 5.73 Å². The van der Waals surface area contributed by atoms with Crippen LogP contribution in [-0.4, -0.2) is 23.4 Å². The molecule has 1 fully saturated rings. The van der Waals surface area contributed by atoms with Gasteiger partial charge in [0.2, 0.25) is 0 Å². The third-order valence-electron chi connectivity index (χ3n) is 2.29. The molecule has 0 spiro atoms.